The summed E-state index contributed by atoms with van der Waals surface area (Å²) in [5.74, 6) is 0.238. The predicted octanol–water partition coefficient (Wildman–Crippen LogP) is 1.35. The van der Waals surface area contributed by atoms with E-state index in [1.165, 1.54) is 0 Å². The average molecular weight is 242 g/mol. The van der Waals surface area contributed by atoms with Crippen LogP contribution in [0, 0.1) is 0 Å². The molecule has 4 heteroatoms. The zero-order valence-electron chi connectivity index (χ0n) is 11.6. The van der Waals surface area contributed by atoms with E-state index in [2.05, 4.69) is 18.7 Å². The molecule has 1 rings (SSSR count). The van der Waals surface area contributed by atoms with Crippen LogP contribution in [0.2, 0.25) is 0 Å². The van der Waals surface area contributed by atoms with E-state index in [0.717, 1.165) is 32.7 Å². The Morgan fingerprint density at radius 3 is 2.53 bits per heavy atom. The van der Waals surface area contributed by atoms with Crippen molar-refractivity contribution in [3.05, 3.63) is 0 Å². The van der Waals surface area contributed by atoms with Crippen LogP contribution in [-0.2, 0) is 9.53 Å². The Kier molecular flexibility index (Phi) is 5.92. The molecule has 17 heavy (non-hydrogen) atoms. The third-order valence-corrected chi connectivity index (χ3v) is 3.51. The molecule has 0 bridgehead atoms. The van der Waals surface area contributed by atoms with Crippen molar-refractivity contribution < 1.29 is 9.53 Å². The van der Waals surface area contributed by atoms with Crippen molar-refractivity contribution in [1.82, 2.24) is 9.80 Å². The molecular formula is C13H26N2O2. The molecule has 0 N–H and O–H groups in total. The lowest BCUT2D eigenvalue weighted by Gasteiger charge is -2.38. The van der Waals surface area contributed by atoms with Crippen molar-refractivity contribution in [1.29, 1.82) is 0 Å². The van der Waals surface area contributed by atoms with Crippen LogP contribution < -0.4 is 0 Å². The lowest BCUT2D eigenvalue weighted by atomic mass is 10.1. The summed E-state index contributed by atoms with van der Waals surface area (Å²) in [7, 11) is 0. The standard InChI is InChI=1S/C13H26N2O2/c1-5-12-10-17-11(4)8-15(12)9-13(16)14(6-2)7-3/h11-12H,5-10H2,1-4H3. The highest BCUT2D eigenvalue weighted by Gasteiger charge is 2.27. The molecule has 0 saturated carbocycles. The number of carbonyl (C=O) groups excluding carboxylic acids is 1. The average Bonchev–Trinajstić information content (AvgIpc) is 2.31. The Balaban J connectivity index is 2.54. The van der Waals surface area contributed by atoms with Gasteiger partial charge in [-0.1, -0.05) is 6.92 Å². The van der Waals surface area contributed by atoms with E-state index in [0.29, 0.717) is 12.6 Å². The van der Waals surface area contributed by atoms with Gasteiger partial charge in [-0.25, -0.2) is 0 Å². The molecule has 1 aliphatic rings. The van der Waals surface area contributed by atoms with Crippen molar-refractivity contribution in [2.24, 2.45) is 0 Å². The van der Waals surface area contributed by atoms with E-state index in [9.17, 15) is 4.79 Å². The largest absolute Gasteiger partial charge is 0.376 e. The minimum Gasteiger partial charge on any atom is -0.376 e. The van der Waals surface area contributed by atoms with Gasteiger partial charge in [0.15, 0.2) is 0 Å². The highest BCUT2D eigenvalue weighted by Crippen LogP contribution is 2.14. The monoisotopic (exact) mass is 242 g/mol. The zero-order chi connectivity index (χ0) is 12.8. The van der Waals surface area contributed by atoms with E-state index in [-0.39, 0.29) is 12.0 Å². The molecule has 0 spiro atoms. The lowest BCUT2D eigenvalue weighted by molar-refractivity contribution is -0.136. The van der Waals surface area contributed by atoms with Gasteiger partial charge in [0.1, 0.15) is 0 Å². The maximum Gasteiger partial charge on any atom is 0.236 e. The second-order valence-corrected chi connectivity index (χ2v) is 4.70. The van der Waals surface area contributed by atoms with Gasteiger partial charge < -0.3 is 9.64 Å². The first kappa shape index (κ1) is 14.5. The molecule has 1 heterocycles. The van der Waals surface area contributed by atoms with Gasteiger partial charge in [0, 0.05) is 25.7 Å². The summed E-state index contributed by atoms with van der Waals surface area (Å²) in [5, 5.41) is 0. The second kappa shape index (κ2) is 6.97. The first-order valence-corrected chi connectivity index (χ1v) is 6.75. The lowest BCUT2D eigenvalue weighted by Crippen LogP contribution is -2.52. The van der Waals surface area contributed by atoms with E-state index in [4.69, 9.17) is 4.74 Å². The molecule has 2 atom stereocenters. The summed E-state index contributed by atoms with van der Waals surface area (Å²) < 4.78 is 5.64. The predicted molar refractivity (Wildman–Crippen MR) is 69.0 cm³/mol. The fraction of sp³-hybridized carbons (Fsp3) is 0.923. The van der Waals surface area contributed by atoms with Crippen LogP contribution in [-0.4, -0.2) is 60.6 Å². The van der Waals surface area contributed by atoms with E-state index >= 15 is 0 Å². The summed E-state index contributed by atoms with van der Waals surface area (Å²) >= 11 is 0. The van der Waals surface area contributed by atoms with Gasteiger partial charge in [0.25, 0.3) is 0 Å². The van der Waals surface area contributed by atoms with Gasteiger partial charge in [-0.05, 0) is 27.2 Å². The molecule has 1 fully saturated rings. The minimum atomic E-state index is 0.238. The number of rotatable bonds is 5. The smallest absolute Gasteiger partial charge is 0.236 e. The van der Waals surface area contributed by atoms with Gasteiger partial charge in [-0.2, -0.15) is 0 Å². The molecule has 0 aromatic heterocycles. The van der Waals surface area contributed by atoms with Crippen LogP contribution in [0.3, 0.4) is 0 Å². The molecule has 0 aliphatic carbocycles. The Labute approximate surface area is 105 Å². The fourth-order valence-corrected chi connectivity index (χ4v) is 2.33. The molecule has 4 nitrogen and oxygen atoms in total. The van der Waals surface area contributed by atoms with Crippen molar-refractivity contribution in [3.8, 4) is 0 Å². The number of hydrogen-bond acceptors (Lipinski definition) is 3. The van der Waals surface area contributed by atoms with E-state index in [1.807, 2.05) is 18.7 Å². The number of carbonyl (C=O) groups is 1. The van der Waals surface area contributed by atoms with Crippen LogP contribution in [0.4, 0.5) is 0 Å². The second-order valence-electron chi connectivity index (χ2n) is 4.70. The van der Waals surface area contributed by atoms with Crippen LogP contribution >= 0.6 is 0 Å². The molecule has 100 valence electrons. The van der Waals surface area contributed by atoms with Gasteiger partial charge in [0.05, 0.1) is 19.3 Å². The van der Waals surface area contributed by atoms with Gasteiger partial charge in [0.2, 0.25) is 5.91 Å². The third-order valence-electron chi connectivity index (χ3n) is 3.51. The maximum absolute atomic E-state index is 12.1. The first-order valence-electron chi connectivity index (χ1n) is 6.75. The zero-order valence-corrected chi connectivity index (χ0v) is 11.6. The molecule has 0 aromatic rings. The molecule has 0 radical (unpaired) electrons. The van der Waals surface area contributed by atoms with Crippen LogP contribution in [0.15, 0.2) is 0 Å². The van der Waals surface area contributed by atoms with Crippen molar-refractivity contribution >= 4 is 5.91 Å². The van der Waals surface area contributed by atoms with Crippen LogP contribution in [0.5, 0.6) is 0 Å². The summed E-state index contributed by atoms with van der Waals surface area (Å²) in [6.45, 7) is 12.0. The van der Waals surface area contributed by atoms with Crippen molar-refractivity contribution in [2.75, 3.05) is 32.8 Å². The topological polar surface area (TPSA) is 32.8 Å². The molecule has 1 saturated heterocycles. The van der Waals surface area contributed by atoms with Gasteiger partial charge >= 0.3 is 0 Å². The number of morpholine rings is 1. The Hall–Kier alpha value is -0.610. The van der Waals surface area contributed by atoms with Gasteiger partial charge in [-0.15, -0.1) is 0 Å². The van der Waals surface area contributed by atoms with Gasteiger partial charge in [-0.3, -0.25) is 9.69 Å². The van der Waals surface area contributed by atoms with E-state index in [1.54, 1.807) is 0 Å². The highest BCUT2D eigenvalue weighted by molar-refractivity contribution is 5.78. The molecule has 1 amide bonds. The number of nitrogens with zero attached hydrogens (tertiary/aromatic N) is 2. The summed E-state index contributed by atoms with van der Waals surface area (Å²) in [5.41, 5.74) is 0. The third kappa shape index (κ3) is 3.96. The summed E-state index contributed by atoms with van der Waals surface area (Å²) in [6.07, 6.45) is 1.28. The van der Waals surface area contributed by atoms with Crippen molar-refractivity contribution in [3.63, 3.8) is 0 Å². The molecule has 0 aromatic carbocycles. The normalized spacial score (nSPS) is 25.9. The highest BCUT2D eigenvalue weighted by atomic mass is 16.5. The minimum absolute atomic E-state index is 0.238. The Bertz CT molecular complexity index is 242. The molecule has 1 aliphatic heterocycles. The SMILES string of the molecule is CCC1COC(C)CN1CC(=O)N(CC)CC. The summed E-state index contributed by atoms with van der Waals surface area (Å²) in [6, 6.07) is 0.394. The Morgan fingerprint density at radius 2 is 2.00 bits per heavy atom. The maximum atomic E-state index is 12.1. The van der Waals surface area contributed by atoms with E-state index < -0.39 is 0 Å². The summed E-state index contributed by atoms with van der Waals surface area (Å²) in [4.78, 5) is 16.3. The molecule has 2 unspecified atom stereocenters. The van der Waals surface area contributed by atoms with Crippen molar-refractivity contribution in [2.45, 2.75) is 46.3 Å². The number of amides is 1. The van der Waals surface area contributed by atoms with Crippen LogP contribution in [0.1, 0.15) is 34.1 Å². The number of ether oxygens (including phenoxy) is 1. The fourth-order valence-electron chi connectivity index (χ4n) is 2.33. The van der Waals surface area contributed by atoms with Crippen LogP contribution in [0.25, 0.3) is 0 Å². The number of hydrogen-bond donors (Lipinski definition) is 0. The first-order chi connectivity index (χ1) is 8.12. The number of likely N-dealkylation sites (N-methyl/N-ethyl adjacent to an activating group) is 1. The molecular weight excluding hydrogens is 216 g/mol. The Morgan fingerprint density at radius 1 is 1.35 bits per heavy atom. The quantitative estimate of drug-likeness (QED) is 0.729.